The zero-order chi connectivity index (χ0) is 32.1. The molecule has 242 valence electrons. The molecule has 0 radical (unpaired) electrons. The first-order chi connectivity index (χ1) is 20.0. The van der Waals surface area contributed by atoms with E-state index in [4.69, 9.17) is 9.47 Å². The lowest BCUT2D eigenvalue weighted by Crippen LogP contribution is -2.58. The van der Waals surface area contributed by atoms with Crippen LogP contribution in [-0.4, -0.2) is 49.4 Å². The molecule has 9 atom stereocenters. The molecular weight excluding hydrogens is 544 g/mol. The highest BCUT2D eigenvalue weighted by molar-refractivity contribution is 5.91. The maximum atomic E-state index is 12.5. The summed E-state index contributed by atoms with van der Waals surface area (Å²) >= 11 is 0. The van der Waals surface area contributed by atoms with Crippen LogP contribution in [0.25, 0.3) is 0 Å². The van der Waals surface area contributed by atoms with E-state index in [1.54, 1.807) is 5.57 Å². The van der Waals surface area contributed by atoms with Crippen LogP contribution in [0.4, 0.5) is 0 Å². The molecule has 4 aliphatic carbocycles. The normalized spacial score (nSPS) is 37.7. The number of hydrogen-bond donors (Lipinski definition) is 1. The van der Waals surface area contributed by atoms with E-state index in [9.17, 15) is 19.5 Å². The molecule has 0 aromatic heterocycles. The van der Waals surface area contributed by atoms with Gasteiger partial charge < -0.3 is 19.3 Å². The third kappa shape index (κ3) is 5.40. The van der Waals surface area contributed by atoms with Gasteiger partial charge in [0.15, 0.2) is 0 Å². The molecule has 0 aromatic rings. The quantitative estimate of drug-likeness (QED) is 0.132. The molecule has 2 fully saturated rings. The molecule has 7 nitrogen and oxygen atoms in total. The lowest BCUT2D eigenvalue weighted by molar-refractivity contribution is -0.173. The van der Waals surface area contributed by atoms with E-state index in [2.05, 4.69) is 52.9 Å². The van der Waals surface area contributed by atoms with Gasteiger partial charge >= 0.3 is 17.9 Å². The van der Waals surface area contributed by atoms with Crippen molar-refractivity contribution in [1.29, 1.82) is 0 Å². The lowest BCUT2D eigenvalue weighted by atomic mass is 9.42. The Labute approximate surface area is 259 Å². The maximum Gasteiger partial charge on any atom is 0.317 e. The Bertz CT molecular complexity index is 1170. The van der Waals surface area contributed by atoms with Crippen LogP contribution in [0, 0.1) is 45.3 Å². The summed E-state index contributed by atoms with van der Waals surface area (Å²) in [6.45, 7) is 20.0. The Morgan fingerprint density at radius 1 is 0.953 bits per heavy atom. The van der Waals surface area contributed by atoms with E-state index in [0.717, 1.165) is 56.9 Å². The molecule has 4 rings (SSSR count). The van der Waals surface area contributed by atoms with E-state index in [-0.39, 0.29) is 46.1 Å². The number of hydrogen-bond acceptors (Lipinski definition) is 7. The summed E-state index contributed by atoms with van der Waals surface area (Å²) in [7, 11) is 2.70. The Balaban J connectivity index is 1.56. The number of rotatable bonds is 9. The molecule has 0 bridgehead atoms. The van der Waals surface area contributed by atoms with E-state index in [1.165, 1.54) is 19.8 Å². The second kappa shape index (κ2) is 12.0. The first-order valence-corrected chi connectivity index (χ1v) is 16.4. The Hall–Kier alpha value is -2.15. The van der Waals surface area contributed by atoms with Gasteiger partial charge in [0.05, 0.1) is 26.2 Å². The van der Waals surface area contributed by atoms with Gasteiger partial charge in [0, 0.05) is 10.8 Å². The van der Waals surface area contributed by atoms with Crippen molar-refractivity contribution in [2.75, 3.05) is 14.2 Å². The number of fused-ring (bicyclic) bond motifs is 4. The van der Waals surface area contributed by atoms with Gasteiger partial charge in [0.2, 0.25) is 0 Å². The molecule has 0 aliphatic heterocycles. The fraction of sp³-hybridized carbons (Fsp3) is 0.806. The Morgan fingerprint density at radius 3 is 2.26 bits per heavy atom. The van der Waals surface area contributed by atoms with Crippen molar-refractivity contribution in [3.63, 3.8) is 0 Å². The molecule has 43 heavy (non-hydrogen) atoms. The van der Waals surface area contributed by atoms with Crippen LogP contribution in [0.1, 0.15) is 113 Å². The van der Waals surface area contributed by atoms with Crippen molar-refractivity contribution in [3.8, 4) is 0 Å². The van der Waals surface area contributed by atoms with Gasteiger partial charge in [-0.1, -0.05) is 64.8 Å². The minimum Gasteiger partial charge on any atom is -0.469 e. The van der Waals surface area contributed by atoms with E-state index in [1.807, 2.05) is 6.92 Å². The zero-order valence-corrected chi connectivity index (χ0v) is 28.1. The van der Waals surface area contributed by atoms with Crippen molar-refractivity contribution in [2.45, 2.75) is 125 Å². The highest BCUT2D eigenvalue weighted by atomic mass is 16.6. The summed E-state index contributed by atoms with van der Waals surface area (Å²) in [5.74, 6) is -0.547. The fourth-order valence-corrected chi connectivity index (χ4v) is 10.4. The van der Waals surface area contributed by atoms with Gasteiger partial charge in [0.25, 0.3) is 0 Å². The average Bonchev–Trinajstić information content (AvgIpc) is 3.25. The number of methoxy groups -OCH3 is 2. The first kappa shape index (κ1) is 33.7. The number of ether oxygens (including phenoxy) is 3. The summed E-state index contributed by atoms with van der Waals surface area (Å²) in [4.78, 5) is 36.2. The monoisotopic (exact) mass is 600 g/mol. The van der Waals surface area contributed by atoms with Crippen LogP contribution < -0.4 is 0 Å². The lowest BCUT2D eigenvalue weighted by Gasteiger charge is -2.63. The molecule has 0 saturated heterocycles. The largest absolute Gasteiger partial charge is 0.469 e. The molecule has 7 heteroatoms. The van der Waals surface area contributed by atoms with Crippen LogP contribution in [0.3, 0.4) is 0 Å². The van der Waals surface area contributed by atoms with Gasteiger partial charge in [-0.3, -0.25) is 14.4 Å². The number of esters is 3. The second-order valence-corrected chi connectivity index (χ2v) is 15.5. The van der Waals surface area contributed by atoms with Gasteiger partial charge in [-0.05, 0) is 93.3 Å². The first-order valence-electron chi connectivity index (χ1n) is 16.4. The fourth-order valence-electron chi connectivity index (χ4n) is 10.4. The van der Waals surface area contributed by atoms with Crippen LogP contribution in [-0.2, 0) is 28.6 Å². The Morgan fingerprint density at radius 2 is 1.63 bits per heavy atom. The zero-order valence-electron chi connectivity index (χ0n) is 28.1. The summed E-state index contributed by atoms with van der Waals surface area (Å²) < 4.78 is 15.5. The smallest absolute Gasteiger partial charge is 0.317 e. The summed E-state index contributed by atoms with van der Waals surface area (Å²) in [6.07, 6.45) is 7.22. The van der Waals surface area contributed by atoms with E-state index < -0.39 is 18.0 Å². The van der Waals surface area contributed by atoms with Crippen molar-refractivity contribution >= 4 is 17.9 Å². The number of aliphatic hydroxyl groups is 1. The van der Waals surface area contributed by atoms with E-state index >= 15 is 0 Å². The molecule has 1 N–H and O–H groups in total. The predicted molar refractivity (Wildman–Crippen MR) is 166 cm³/mol. The maximum absolute atomic E-state index is 12.5. The minimum absolute atomic E-state index is 0.0703. The molecular formula is C36H56O7. The third-order valence-electron chi connectivity index (χ3n) is 13.4. The van der Waals surface area contributed by atoms with Gasteiger partial charge in [-0.15, -0.1) is 0 Å². The molecule has 0 heterocycles. The molecule has 0 spiro atoms. The standard InChI is InChI=1S/C36H56O7/c1-21(23(3)32(40)42-10)11-12-22(2)24-15-18-35(7)25-13-14-27-33(4,5)29(43-31(39)20-30(38)41-9)16-17-34(27,6)26(25)19-28(37)36(24,35)8/h22-24,27-29,37H,1,11-20H2,2-10H3/t22-,23?,24-,27+,28+,29-,34-,35+,36+/m1/s1. The van der Waals surface area contributed by atoms with Crippen molar-refractivity contribution in [3.05, 3.63) is 23.3 Å². The van der Waals surface area contributed by atoms with E-state index in [0.29, 0.717) is 24.2 Å². The predicted octanol–water partition coefficient (Wildman–Crippen LogP) is 6.96. The van der Waals surface area contributed by atoms with Crippen LogP contribution >= 0.6 is 0 Å². The highest BCUT2D eigenvalue weighted by Gasteiger charge is 2.66. The third-order valence-corrected chi connectivity index (χ3v) is 13.4. The van der Waals surface area contributed by atoms with Crippen molar-refractivity contribution < 1.29 is 33.7 Å². The topological polar surface area (TPSA) is 99.1 Å². The summed E-state index contributed by atoms with van der Waals surface area (Å²) in [6, 6.07) is 0. The SMILES string of the molecule is C=C(CC[C@@H](C)[C@H]1CC[C@@]2(C)C3=C(C[C@H](O)[C@]12C)[C@@]1(C)CC[C@@H](OC(=O)CC(=O)OC)C(C)(C)[C@@H]1CC3)C(C)C(=O)OC. The average molecular weight is 601 g/mol. The van der Waals surface area contributed by atoms with Crippen LogP contribution in [0.2, 0.25) is 0 Å². The number of aliphatic hydroxyl groups excluding tert-OH is 1. The number of carbonyl (C=O) groups excluding carboxylic acids is 3. The Kier molecular flexibility index (Phi) is 9.40. The van der Waals surface area contributed by atoms with Gasteiger partial charge in [-0.25, -0.2) is 0 Å². The molecule has 0 aromatic carbocycles. The molecule has 4 aliphatic rings. The van der Waals surface area contributed by atoms with Crippen LogP contribution in [0.15, 0.2) is 23.3 Å². The second-order valence-electron chi connectivity index (χ2n) is 15.5. The molecule has 2 saturated carbocycles. The van der Waals surface area contributed by atoms with Gasteiger partial charge in [0.1, 0.15) is 12.5 Å². The minimum atomic E-state index is -0.576. The highest BCUT2D eigenvalue weighted by Crippen LogP contribution is 2.72. The number of allylic oxidation sites excluding steroid dienone is 1. The summed E-state index contributed by atoms with van der Waals surface area (Å²) in [5, 5.41) is 12.1. The molecule has 1 unspecified atom stereocenters. The number of carbonyl (C=O) groups is 3. The van der Waals surface area contributed by atoms with Gasteiger partial charge in [-0.2, -0.15) is 0 Å². The van der Waals surface area contributed by atoms with Crippen molar-refractivity contribution in [2.24, 2.45) is 45.3 Å². The summed E-state index contributed by atoms with van der Waals surface area (Å²) in [5.41, 5.74) is 3.32. The molecule has 0 amide bonds. The van der Waals surface area contributed by atoms with Crippen molar-refractivity contribution in [1.82, 2.24) is 0 Å². The van der Waals surface area contributed by atoms with Crippen LogP contribution in [0.5, 0.6) is 0 Å².